The molecule has 0 aromatic carbocycles. The van der Waals surface area contributed by atoms with Crippen LogP contribution in [0.3, 0.4) is 0 Å². The molecule has 3 aliphatic rings. The van der Waals surface area contributed by atoms with E-state index in [1.807, 2.05) is 23.5 Å². The van der Waals surface area contributed by atoms with E-state index in [-0.39, 0.29) is 17.9 Å². The topological polar surface area (TPSA) is 57.8 Å². The number of carbonyl (C=O) groups is 1. The van der Waals surface area contributed by atoms with Crippen LogP contribution in [0.25, 0.3) is 5.65 Å². The molecule has 3 heterocycles. The largest absolute Gasteiger partial charge is 0.393 e. The molecule has 1 unspecified atom stereocenters. The van der Waals surface area contributed by atoms with Gasteiger partial charge in [0.25, 0.3) is 0 Å². The van der Waals surface area contributed by atoms with Crippen LogP contribution in [0.1, 0.15) is 43.6 Å². The standard InChI is InChI=1S/C19H23N3O2/c23-15-8-14(9-15)18(24)22-11-19(12-22)4-3-13(10-19)16-2-1-6-21-7-5-20-17(16)21/h1-2,5-7,13-15,23H,3-4,8-12H2/t13?,14-,15+. The van der Waals surface area contributed by atoms with Gasteiger partial charge in [0, 0.05) is 43.0 Å². The second kappa shape index (κ2) is 5.06. The van der Waals surface area contributed by atoms with Gasteiger partial charge in [-0.15, -0.1) is 0 Å². The maximum atomic E-state index is 12.4. The van der Waals surface area contributed by atoms with Crippen LogP contribution in [-0.2, 0) is 4.79 Å². The van der Waals surface area contributed by atoms with Gasteiger partial charge in [0.15, 0.2) is 0 Å². The number of rotatable bonds is 2. The van der Waals surface area contributed by atoms with E-state index in [1.165, 1.54) is 18.4 Å². The van der Waals surface area contributed by atoms with Crippen molar-refractivity contribution in [2.75, 3.05) is 13.1 Å². The minimum Gasteiger partial charge on any atom is -0.393 e. The molecule has 1 saturated heterocycles. The van der Waals surface area contributed by atoms with Gasteiger partial charge in [-0.2, -0.15) is 0 Å². The van der Waals surface area contributed by atoms with E-state index < -0.39 is 0 Å². The molecule has 1 spiro atoms. The van der Waals surface area contributed by atoms with Gasteiger partial charge >= 0.3 is 0 Å². The summed E-state index contributed by atoms with van der Waals surface area (Å²) in [6.45, 7) is 1.82. The second-order valence-electron chi connectivity index (χ2n) is 8.08. The van der Waals surface area contributed by atoms with Gasteiger partial charge in [0.1, 0.15) is 5.65 Å². The fourth-order valence-corrected chi connectivity index (χ4v) is 5.02. The zero-order valence-corrected chi connectivity index (χ0v) is 13.8. The van der Waals surface area contributed by atoms with E-state index in [2.05, 4.69) is 21.5 Å². The molecule has 2 aromatic heterocycles. The van der Waals surface area contributed by atoms with E-state index in [0.717, 1.165) is 25.2 Å². The number of nitrogens with zero attached hydrogens (tertiary/aromatic N) is 3. The second-order valence-corrected chi connectivity index (χ2v) is 8.08. The minimum absolute atomic E-state index is 0.0771. The lowest BCUT2D eigenvalue weighted by molar-refractivity contribution is -0.154. The molecule has 5 rings (SSSR count). The van der Waals surface area contributed by atoms with Crippen molar-refractivity contribution in [3.63, 3.8) is 0 Å². The average molecular weight is 325 g/mol. The van der Waals surface area contributed by atoms with Gasteiger partial charge in [0.05, 0.1) is 6.10 Å². The summed E-state index contributed by atoms with van der Waals surface area (Å²) in [7, 11) is 0. The molecule has 2 aliphatic carbocycles. The summed E-state index contributed by atoms with van der Waals surface area (Å²) >= 11 is 0. The molecule has 1 atom stereocenters. The molecule has 2 saturated carbocycles. The first-order valence-electron chi connectivity index (χ1n) is 9.02. The zero-order chi connectivity index (χ0) is 16.3. The van der Waals surface area contributed by atoms with Gasteiger partial charge in [-0.05, 0) is 49.7 Å². The first-order valence-corrected chi connectivity index (χ1v) is 9.02. The van der Waals surface area contributed by atoms with Crippen molar-refractivity contribution in [2.24, 2.45) is 11.3 Å². The number of amides is 1. The average Bonchev–Trinajstić information content (AvgIpc) is 3.16. The molecule has 0 radical (unpaired) electrons. The van der Waals surface area contributed by atoms with Crippen LogP contribution in [0, 0.1) is 11.3 Å². The Morgan fingerprint density at radius 1 is 1.29 bits per heavy atom. The highest BCUT2D eigenvalue weighted by atomic mass is 16.3. The Labute approximate surface area is 141 Å². The van der Waals surface area contributed by atoms with Crippen LogP contribution in [0.15, 0.2) is 30.7 Å². The molecular weight excluding hydrogens is 302 g/mol. The molecule has 5 nitrogen and oxygen atoms in total. The third-order valence-corrected chi connectivity index (χ3v) is 6.42. The predicted molar refractivity (Wildman–Crippen MR) is 89.5 cm³/mol. The van der Waals surface area contributed by atoms with E-state index in [9.17, 15) is 9.90 Å². The maximum absolute atomic E-state index is 12.4. The first-order chi connectivity index (χ1) is 11.6. The SMILES string of the molecule is O=C([C@H]1C[C@@H](O)C1)N1CC2(CCC(c3cccn4ccnc34)C2)C1. The van der Waals surface area contributed by atoms with E-state index in [4.69, 9.17) is 0 Å². The molecule has 1 N–H and O–H groups in total. The Hall–Kier alpha value is -1.88. The highest BCUT2D eigenvalue weighted by Crippen LogP contribution is 2.52. The molecule has 3 fully saturated rings. The molecule has 1 aliphatic heterocycles. The van der Waals surface area contributed by atoms with Crippen LogP contribution in [0.5, 0.6) is 0 Å². The molecular formula is C19H23N3O2. The third-order valence-electron chi connectivity index (χ3n) is 6.42. The van der Waals surface area contributed by atoms with E-state index in [0.29, 0.717) is 24.2 Å². The van der Waals surface area contributed by atoms with Crippen LogP contribution in [0.4, 0.5) is 0 Å². The van der Waals surface area contributed by atoms with Crippen LogP contribution in [0.2, 0.25) is 0 Å². The summed E-state index contributed by atoms with van der Waals surface area (Å²) in [6, 6.07) is 4.32. The molecule has 24 heavy (non-hydrogen) atoms. The lowest BCUT2D eigenvalue weighted by atomic mass is 9.74. The monoisotopic (exact) mass is 325 g/mol. The van der Waals surface area contributed by atoms with Crippen molar-refractivity contribution in [2.45, 2.75) is 44.1 Å². The smallest absolute Gasteiger partial charge is 0.225 e. The lowest BCUT2D eigenvalue weighted by Crippen LogP contribution is -2.60. The minimum atomic E-state index is -0.250. The van der Waals surface area contributed by atoms with Crippen LogP contribution in [-0.4, -0.2) is 44.5 Å². The summed E-state index contributed by atoms with van der Waals surface area (Å²) in [4.78, 5) is 18.9. The van der Waals surface area contributed by atoms with Crippen molar-refractivity contribution < 1.29 is 9.90 Å². The summed E-state index contributed by atoms with van der Waals surface area (Å²) in [5.41, 5.74) is 2.75. The van der Waals surface area contributed by atoms with Crippen molar-refractivity contribution in [1.82, 2.24) is 14.3 Å². The Kier molecular flexibility index (Phi) is 3.05. The third kappa shape index (κ3) is 2.10. The van der Waals surface area contributed by atoms with Gasteiger partial charge < -0.3 is 14.4 Å². The van der Waals surface area contributed by atoms with Crippen LogP contribution < -0.4 is 0 Å². The molecule has 2 aromatic rings. The van der Waals surface area contributed by atoms with E-state index >= 15 is 0 Å². The summed E-state index contributed by atoms with van der Waals surface area (Å²) in [5, 5.41) is 9.40. The number of pyridine rings is 1. The van der Waals surface area contributed by atoms with Gasteiger partial charge in [-0.3, -0.25) is 4.79 Å². The van der Waals surface area contributed by atoms with Gasteiger partial charge in [0.2, 0.25) is 5.91 Å². The fourth-order valence-electron chi connectivity index (χ4n) is 5.02. The maximum Gasteiger partial charge on any atom is 0.225 e. The molecule has 0 bridgehead atoms. The summed E-state index contributed by atoms with van der Waals surface area (Å²) in [6.07, 6.45) is 10.5. The normalized spacial score (nSPS) is 31.2. The van der Waals surface area contributed by atoms with E-state index in [1.54, 1.807) is 0 Å². The first kappa shape index (κ1) is 14.5. The summed E-state index contributed by atoms with van der Waals surface area (Å²) in [5.74, 6) is 0.900. The Bertz CT molecular complexity index is 787. The number of hydrogen-bond donors (Lipinski definition) is 1. The Morgan fingerprint density at radius 2 is 2.12 bits per heavy atom. The molecule has 1 amide bonds. The lowest BCUT2D eigenvalue weighted by Gasteiger charge is -2.50. The number of aliphatic hydroxyl groups excluding tert-OH is 1. The quantitative estimate of drug-likeness (QED) is 0.921. The number of aliphatic hydroxyl groups is 1. The molecule has 126 valence electrons. The zero-order valence-electron chi connectivity index (χ0n) is 13.8. The van der Waals surface area contributed by atoms with Crippen LogP contribution >= 0.6 is 0 Å². The van der Waals surface area contributed by atoms with Crippen molar-refractivity contribution in [3.05, 3.63) is 36.3 Å². The highest BCUT2D eigenvalue weighted by molar-refractivity contribution is 5.80. The fraction of sp³-hybridized carbons (Fsp3) is 0.579. The Balaban J connectivity index is 1.27. The van der Waals surface area contributed by atoms with Crippen molar-refractivity contribution in [1.29, 1.82) is 0 Å². The number of likely N-dealkylation sites (tertiary alicyclic amines) is 1. The number of imidazole rings is 1. The van der Waals surface area contributed by atoms with Gasteiger partial charge in [-0.1, -0.05) is 6.07 Å². The number of hydrogen-bond acceptors (Lipinski definition) is 3. The van der Waals surface area contributed by atoms with Crippen molar-refractivity contribution >= 4 is 11.6 Å². The highest BCUT2D eigenvalue weighted by Gasteiger charge is 2.51. The van der Waals surface area contributed by atoms with Crippen molar-refractivity contribution in [3.8, 4) is 0 Å². The van der Waals surface area contributed by atoms with Gasteiger partial charge in [-0.25, -0.2) is 4.98 Å². The Morgan fingerprint density at radius 3 is 2.92 bits per heavy atom. The number of fused-ring (bicyclic) bond motifs is 1. The number of carbonyl (C=O) groups excluding carboxylic acids is 1. The molecule has 5 heteroatoms. The predicted octanol–water partition coefficient (Wildman–Crippen LogP) is 2.20. The summed E-state index contributed by atoms with van der Waals surface area (Å²) < 4.78 is 2.10. The number of aromatic nitrogens is 2.